The number of ether oxygens (including phenoxy) is 1. The van der Waals surface area contributed by atoms with Gasteiger partial charge in [-0.15, -0.1) is 0 Å². The molecule has 2 heterocycles. The Kier molecular flexibility index (Phi) is 4.11. The van der Waals surface area contributed by atoms with E-state index >= 15 is 0 Å². The lowest BCUT2D eigenvalue weighted by Gasteiger charge is -2.08. The fraction of sp³-hybridized carbons (Fsp3) is 0.273. The van der Waals surface area contributed by atoms with Crippen LogP contribution in [-0.4, -0.2) is 35.2 Å². The number of nitrogens with one attached hydrogen (secondary N) is 1. The van der Waals surface area contributed by atoms with E-state index in [1.54, 1.807) is 12.1 Å². The molecule has 0 aliphatic heterocycles. The Morgan fingerprint density at radius 3 is 2.95 bits per heavy atom. The highest BCUT2D eigenvalue weighted by Crippen LogP contribution is 2.34. The second-order valence-electron chi connectivity index (χ2n) is 3.78. The van der Waals surface area contributed by atoms with Gasteiger partial charge in [0.2, 0.25) is 11.8 Å². The largest absolute Gasteiger partial charge is 0.462 e. The summed E-state index contributed by atoms with van der Waals surface area (Å²) in [5.41, 5.74) is 5.33. The van der Waals surface area contributed by atoms with Crippen LogP contribution in [0.25, 0.3) is 11.5 Å². The lowest BCUT2D eigenvalue weighted by atomic mass is 10.2. The molecule has 0 amide bonds. The predicted molar refractivity (Wildman–Crippen MR) is 71.2 cm³/mol. The van der Waals surface area contributed by atoms with Crippen molar-refractivity contribution in [1.29, 1.82) is 0 Å². The molecule has 0 unspecified atom stereocenters. The SMILES string of the molecule is COCCNc1nc(N)nc(-c2ccco2)c1[N+](=O)[O-]. The molecule has 0 spiro atoms. The first-order valence-corrected chi connectivity index (χ1v) is 5.72. The molecule has 0 aliphatic rings. The first kappa shape index (κ1) is 13.7. The van der Waals surface area contributed by atoms with Crippen LogP contribution in [0.4, 0.5) is 17.5 Å². The van der Waals surface area contributed by atoms with Crippen molar-refractivity contribution in [2.45, 2.75) is 0 Å². The molecule has 2 aromatic rings. The zero-order chi connectivity index (χ0) is 14.5. The maximum atomic E-state index is 11.3. The van der Waals surface area contributed by atoms with Crippen LogP contribution in [-0.2, 0) is 4.74 Å². The molecule has 9 heteroatoms. The predicted octanol–water partition coefficient (Wildman–Crippen LogP) is 1.29. The Labute approximate surface area is 113 Å². The van der Waals surface area contributed by atoms with E-state index < -0.39 is 4.92 Å². The summed E-state index contributed by atoms with van der Waals surface area (Å²) in [6, 6.07) is 3.17. The monoisotopic (exact) mass is 279 g/mol. The summed E-state index contributed by atoms with van der Waals surface area (Å²) >= 11 is 0. The highest BCUT2D eigenvalue weighted by Gasteiger charge is 2.26. The molecule has 2 aromatic heterocycles. The molecule has 0 atom stereocenters. The number of nitrogen functional groups attached to an aromatic ring is 1. The van der Waals surface area contributed by atoms with Gasteiger partial charge in [-0.3, -0.25) is 10.1 Å². The van der Waals surface area contributed by atoms with Gasteiger partial charge in [-0.1, -0.05) is 0 Å². The van der Waals surface area contributed by atoms with Crippen LogP contribution < -0.4 is 11.1 Å². The van der Waals surface area contributed by atoms with Gasteiger partial charge in [0.05, 0.1) is 17.8 Å². The smallest absolute Gasteiger partial charge is 0.340 e. The van der Waals surface area contributed by atoms with Gasteiger partial charge in [0.1, 0.15) is 0 Å². The van der Waals surface area contributed by atoms with Gasteiger partial charge in [0, 0.05) is 13.7 Å². The van der Waals surface area contributed by atoms with Crippen molar-refractivity contribution in [3.8, 4) is 11.5 Å². The lowest BCUT2D eigenvalue weighted by molar-refractivity contribution is -0.383. The summed E-state index contributed by atoms with van der Waals surface area (Å²) in [6.07, 6.45) is 1.40. The van der Waals surface area contributed by atoms with Crippen molar-refractivity contribution in [1.82, 2.24) is 9.97 Å². The van der Waals surface area contributed by atoms with Crippen LogP contribution in [0.3, 0.4) is 0 Å². The molecule has 0 saturated heterocycles. The van der Waals surface area contributed by atoms with Gasteiger partial charge < -0.3 is 20.2 Å². The van der Waals surface area contributed by atoms with Crippen molar-refractivity contribution in [3.05, 3.63) is 28.5 Å². The average Bonchev–Trinajstić information content (AvgIpc) is 2.91. The van der Waals surface area contributed by atoms with Crippen LogP contribution in [0.2, 0.25) is 0 Å². The average molecular weight is 279 g/mol. The van der Waals surface area contributed by atoms with E-state index in [2.05, 4.69) is 15.3 Å². The number of rotatable bonds is 6. The van der Waals surface area contributed by atoms with Crippen molar-refractivity contribution in [2.75, 3.05) is 31.3 Å². The van der Waals surface area contributed by atoms with Gasteiger partial charge in [-0.2, -0.15) is 4.98 Å². The maximum Gasteiger partial charge on any atom is 0.340 e. The van der Waals surface area contributed by atoms with E-state index in [1.165, 1.54) is 13.4 Å². The van der Waals surface area contributed by atoms with Crippen LogP contribution >= 0.6 is 0 Å². The molecule has 0 aromatic carbocycles. The van der Waals surface area contributed by atoms with Crippen LogP contribution in [0.1, 0.15) is 0 Å². The van der Waals surface area contributed by atoms with E-state index in [-0.39, 0.29) is 28.9 Å². The molecule has 2 rings (SSSR count). The summed E-state index contributed by atoms with van der Waals surface area (Å²) in [7, 11) is 1.53. The first-order chi connectivity index (χ1) is 9.63. The third-order valence-corrected chi connectivity index (χ3v) is 2.44. The molecule has 9 nitrogen and oxygen atoms in total. The third-order valence-electron chi connectivity index (χ3n) is 2.44. The zero-order valence-corrected chi connectivity index (χ0v) is 10.7. The first-order valence-electron chi connectivity index (χ1n) is 5.72. The highest BCUT2D eigenvalue weighted by molar-refractivity contribution is 5.75. The van der Waals surface area contributed by atoms with Crippen LogP contribution in [0.5, 0.6) is 0 Å². The molecule has 0 saturated carbocycles. The Morgan fingerprint density at radius 2 is 2.35 bits per heavy atom. The minimum Gasteiger partial charge on any atom is -0.462 e. The Morgan fingerprint density at radius 1 is 1.55 bits per heavy atom. The maximum absolute atomic E-state index is 11.3. The van der Waals surface area contributed by atoms with E-state index in [0.717, 1.165) is 0 Å². The second-order valence-corrected chi connectivity index (χ2v) is 3.78. The summed E-state index contributed by atoms with van der Waals surface area (Å²) in [6.45, 7) is 0.725. The number of methoxy groups -OCH3 is 1. The van der Waals surface area contributed by atoms with Crippen molar-refractivity contribution >= 4 is 17.5 Å². The Balaban J connectivity index is 2.48. The summed E-state index contributed by atoms with van der Waals surface area (Å²) in [5.74, 6) is 0.202. The number of hydrogen-bond donors (Lipinski definition) is 2. The molecule has 0 radical (unpaired) electrons. The van der Waals surface area contributed by atoms with E-state index in [4.69, 9.17) is 14.9 Å². The number of nitrogens with zero attached hydrogens (tertiary/aromatic N) is 3. The van der Waals surface area contributed by atoms with Gasteiger partial charge in [0.15, 0.2) is 11.5 Å². The minimum atomic E-state index is -0.577. The third kappa shape index (κ3) is 2.83. The number of furan rings is 1. The number of hydrogen-bond acceptors (Lipinski definition) is 8. The highest BCUT2D eigenvalue weighted by atomic mass is 16.6. The molecule has 0 bridgehead atoms. The van der Waals surface area contributed by atoms with Crippen LogP contribution in [0.15, 0.2) is 22.8 Å². The summed E-state index contributed by atoms with van der Waals surface area (Å²) in [5, 5.41) is 14.1. The van der Waals surface area contributed by atoms with Gasteiger partial charge in [-0.05, 0) is 12.1 Å². The summed E-state index contributed by atoms with van der Waals surface area (Å²) < 4.78 is 10.0. The van der Waals surface area contributed by atoms with Crippen molar-refractivity contribution in [3.63, 3.8) is 0 Å². The number of nitro groups is 1. The van der Waals surface area contributed by atoms with E-state index in [0.29, 0.717) is 13.2 Å². The molecule has 0 aliphatic carbocycles. The molecular formula is C11H13N5O4. The standard InChI is InChI=1S/C11H13N5O4/c1-19-6-4-13-10-9(16(17)18)8(14-11(12)15-10)7-3-2-5-20-7/h2-3,5H,4,6H2,1H3,(H3,12,13,14,15). The number of aromatic nitrogens is 2. The van der Waals surface area contributed by atoms with Gasteiger partial charge >= 0.3 is 5.69 Å². The van der Waals surface area contributed by atoms with Gasteiger partial charge in [0.25, 0.3) is 0 Å². The Bertz CT molecular complexity index is 599. The van der Waals surface area contributed by atoms with E-state index in [1.807, 2.05) is 0 Å². The quantitative estimate of drug-likeness (QED) is 0.459. The zero-order valence-electron chi connectivity index (χ0n) is 10.7. The van der Waals surface area contributed by atoms with Crippen molar-refractivity contribution in [2.24, 2.45) is 0 Å². The number of nitrogens with two attached hydrogens (primary N) is 1. The topological polar surface area (TPSA) is 129 Å². The molecule has 106 valence electrons. The second kappa shape index (κ2) is 5.97. The molecule has 0 fully saturated rings. The fourth-order valence-electron chi connectivity index (χ4n) is 1.62. The normalized spacial score (nSPS) is 10.4. The molecular weight excluding hydrogens is 266 g/mol. The molecule has 20 heavy (non-hydrogen) atoms. The molecule has 3 N–H and O–H groups in total. The Hall–Kier alpha value is -2.68. The van der Waals surface area contributed by atoms with Crippen molar-refractivity contribution < 1.29 is 14.1 Å². The summed E-state index contributed by atoms with van der Waals surface area (Å²) in [4.78, 5) is 18.4. The minimum absolute atomic E-state index is 0.0333. The lowest BCUT2D eigenvalue weighted by Crippen LogP contribution is -2.13. The number of anilines is 2. The van der Waals surface area contributed by atoms with Gasteiger partial charge in [-0.25, -0.2) is 4.98 Å². The fourth-order valence-corrected chi connectivity index (χ4v) is 1.62. The van der Waals surface area contributed by atoms with Crippen LogP contribution in [0, 0.1) is 10.1 Å². The van der Waals surface area contributed by atoms with E-state index in [9.17, 15) is 10.1 Å².